The van der Waals surface area contributed by atoms with Crippen molar-refractivity contribution in [3.05, 3.63) is 0 Å². The van der Waals surface area contributed by atoms with E-state index in [1.165, 1.54) is 32.1 Å². The van der Waals surface area contributed by atoms with Gasteiger partial charge in [0.2, 0.25) is 0 Å². The fourth-order valence-corrected chi connectivity index (χ4v) is 2.20. The number of carbonyl (C=O) groups excluding carboxylic acids is 2. The van der Waals surface area contributed by atoms with Crippen molar-refractivity contribution in [2.24, 2.45) is 0 Å². The van der Waals surface area contributed by atoms with Gasteiger partial charge >= 0.3 is 12.0 Å². The maximum Gasteiger partial charge on any atom is 0.325 e. The molecule has 1 rings (SSSR count). The van der Waals surface area contributed by atoms with Gasteiger partial charge in [-0.15, -0.1) is 0 Å². The van der Waals surface area contributed by atoms with Crippen molar-refractivity contribution in [2.45, 2.75) is 57.9 Å². The van der Waals surface area contributed by atoms with Crippen molar-refractivity contribution < 1.29 is 14.3 Å². The highest BCUT2D eigenvalue weighted by atomic mass is 16.5. The molecule has 5 heteroatoms. The Hall–Kier alpha value is -1.26. The van der Waals surface area contributed by atoms with Crippen molar-refractivity contribution in [3.8, 4) is 0 Å². The highest BCUT2D eigenvalue weighted by Gasteiger charge is 2.14. The molecular weight excluding hydrogens is 232 g/mol. The van der Waals surface area contributed by atoms with Crippen LogP contribution in [-0.4, -0.2) is 31.2 Å². The van der Waals surface area contributed by atoms with Crippen LogP contribution in [0.15, 0.2) is 0 Å². The molecule has 104 valence electrons. The summed E-state index contributed by atoms with van der Waals surface area (Å²) in [5.41, 5.74) is 0. The van der Waals surface area contributed by atoms with Gasteiger partial charge in [0.15, 0.2) is 0 Å². The molecule has 0 atom stereocenters. The molecule has 1 saturated carbocycles. The van der Waals surface area contributed by atoms with E-state index in [-0.39, 0.29) is 18.6 Å². The number of esters is 1. The maximum absolute atomic E-state index is 11.6. The third-order valence-corrected chi connectivity index (χ3v) is 3.14. The average Bonchev–Trinajstić information content (AvgIpc) is 2.30. The molecule has 0 spiro atoms. The van der Waals surface area contributed by atoms with Crippen LogP contribution in [-0.2, 0) is 9.53 Å². The summed E-state index contributed by atoms with van der Waals surface area (Å²) in [5, 5.41) is 5.45. The third-order valence-electron chi connectivity index (χ3n) is 3.14. The van der Waals surface area contributed by atoms with Crippen LogP contribution in [0.1, 0.15) is 51.9 Å². The van der Waals surface area contributed by atoms with Gasteiger partial charge < -0.3 is 15.4 Å². The quantitative estimate of drug-likeness (QED) is 0.756. The second-order valence-corrected chi connectivity index (χ2v) is 4.67. The van der Waals surface area contributed by atoms with Crippen molar-refractivity contribution in [1.82, 2.24) is 10.6 Å². The zero-order chi connectivity index (χ0) is 13.2. The van der Waals surface area contributed by atoms with Crippen LogP contribution in [0.25, 0.3) is 0 Å². The minimum Gasteiger partial charge on any atom is -0.465 e. The molecule has 0 aromatic rings. The van der Waals surface area contributed by atoms with Gasteiger partial charge in [-0.25, -0.2) is 4.79 Å². The fourth-order valence-electron chi connectivity index (χ4n) is 2.20. The minimum atomic E-state index is -0.398. The van der Waals surface area contributed by atoms with E-state index in [0.717, 1.165) is 12.8 Å². The number of hydrogen-bond acceptors (Lipinski definition) is 3. The summed E-state index contributed by atoms with van der Waals surface area (Å²) in [6.07, 6.45) is 8.22. The van der Waals surface area contributed by atoms with Gasteiger partial charge in [-0.3, -0.25) is 4.79 Å². The lowest BCUT2D eigenvalue weighted by atomic mass is 9.97. The monoisotopic (exact) mass is 256 g/mol. The Balaban J connectivity index is 2.19. The number of ether oxygens (including phenoxy) is 1. The lowest BCUT2D eigenvalue weighted by molar-refractivity contribution is -0.141. The Morgan fingerprint density at radius 1 is 1.11 bits per heavy atom. The first-order valence-corrected chi connectivity index (χ1v) is 6.92. The van der Waals surface area contributed by atoms with Crippen LogP contribution in [0, 0.1) is 0 Å². The summed E-state index contributed by atoms with van der Waals surface area (Å²) < 4.78 is 4.74. The normalized spacial score (nSPS) is 17.4. The van der Waals surface area contributed by atoms with E-state index in [2.05, 4.69) is 10.6 Å². The van der Waals surface area contributed by atoms with E-state index in [1.807, 2.05) is 0 Å². The van der Waals surface area contributed by atoms with Gasteiger partial charge in [0.1, 0.15) is 6.54 Å². The Labute approximate surface area is 109 Å². The predicted molar refractivity (Wildman–Crippen MR) is 69.3 cm³/mol. The van der Waals surface area contributed by atoms with Crippen molar-refractivity contribution in [1.29, 1.82) is 0 Å². The molecule has 0 bridgehead atoms. The number of amides is 2. The smallest absolute Gasteiger partial charge is 0.325 e. The molecule has 2 amide bonds. The van der Waals surface area contributed by atoms with E-state index >= 15 is 0 Å². The summed E-state index contributed by atoms with van der Waals surface area (Å²) in [6, 6.07) is -0.0267. The van der Waals surface area contributed by atoms with Crippen LogP contribution in [0.5, 0.6) is 0 Å². The first-order valence-electron chi connectivity index (χ1n) is 6.92. The molecule has 0 aliphatic heterocycles. The maximum atomic E-state index is 11.6. The number of nitrogens with one attached hydrogen (secondary N) is 2. The number of urea groups is 1. The molecule has 0 aromatic carbocycles. The van der Waals surface area contributed by atoms with Gasteiger partial charge in [0, 0.05) is 6.04 Å². The lowest BCUT2D eigenvalue weighted by Crippen LogP contribution is -2.44. The van der Waals surface area contributed by atoms with E-state index in [1.54, 1.807) is 6.92 Å². The Kier molecular flexibility index (Phi) is 7.22. The van der Waals surface area contributed by atoms with E-state index in [0.29, 0.717) is 6.61 Å². The highest BCUT2D eigenvalue weighted by molar-refractivity contribution is 5.80. The molecule has 5 nitrogen and oxygen atoms in total. The highest BCUT2D eigenvalue weighted by Crippen LogP contribution is 2.16. The first-order chi connectivity index (χ1) is 8.72. The molecule has 1 fully saturated rings. The van der Waals surface area contributed by atoms with Crippen LogP contribution in [0.3, 0.4) is 0 Å². The molecule has 2 N–H and O–H groups in total. The largest absolute Gasteiger partial charge is 0.465 e. The Morgan fingerprint density at radius 2 is 1.72 bits per heavy atom. The lowest BCUT2D eigenvalue weighted by Gasteiger charge is -2.21. The summed E-state index contributed by atoms with van der Waals surface area (Å²) >= 11 is 0. The summed E-state index contributed by atoms with van der Waals surface area (Å²) in [4.78, 5) is 22.7. The van der Waals surface area contributed by atoms with Crippen molar-refractivity contribution in [3.63, 3.8) is 0 Å². The summed E-state index contributed by atoms with van der Waals surface area (Å²) in [7, 11) is 0. The molecule has 0 saturated heterocycles. The second-order valence-electron chi connectivity index (χ2n) is 4.67. The zero-order valence-electron chi connectivity index (χ0n) is 11.2. The van der Waals surface area contributed by atoms with E-state index in [4.69, 9.17) is 4.74 Å². The minimum absolute atomic E-state index is 0.0631. The molecule has 18 heavy (non-hydrogen) atoms. The van der Waals surface area contributed by atoms with Crippen LogP contribution in [0.4, 0.5) is 4.79 Å². The number of carbonyl (C=O) groups is 2. The molecule has 1 aliphatic rings. The SMILES string of the molecule is CCOC(=O)CNC(=O)NC1CCCCCCC1. The zero-order valence-corrected chi connectivity index (χ0v) is 11.2. The van der Waals surface area contributed by atoms with E-state index in [9.17, 15) is 9.59 Å². The molecule has 0 heterocycles. The molecule has 1 aliphatic carbocycles. The summed E-state index contributed by atoms with van der Waals surface area (Å²) in [5.74, 6) is -0.398. The second kappa shape index (κ2) is 8.78. The average molecular weight is 256 g/mol. The standard InChI is InChI=1S/C13H24N2O3/c1-2-18-12(16)10-14-13(17)15-11-8-6-4-3-5-7-9-11/h11H,2-10H2,1H3,(H2,14,15,17). The van der Waals surface area contributed by atoms with E-state index < -0.39 is 5.97 Å². The molecular formula is C13H24N2O3. The van der Waals surface area contributed by atoms with Crippen LogP contribution >= 0.6 is 0 Å². The van der Waals surface area contributed by atoms with Gasteiger partial charge in [0.25, 0.3) is 0 Å². The van der Waals surface area contributed by atoms with Crippen molar-refractivity contribution >= 4 is 12.0 Å². The molecule has 0 aromatic heterocycles. The first kappa shape index (κ1) is 14.8. The van der Waals surface area contributed by atoms with Gasteiger partial charge in [-0.1, -0.05) is 32.1 Å². The summed E-state index contributed by atoms with van der Waals surface area (Å²) in [6.45, 7) is 2.02. The molecule has 0 radical (unpaired) electrons. The third kappa shape index (κ3) is 6.47. The van der Waals surface area contributed by atoms with Crippen LogP contribution < -0.4 is 10.6 Å². The fraction of sp³-hybridized carbons (Fsp3) is 0.846. The van der Waals surface area contributed by atoms with Gasteiger partial charge in [-0.2, -0.15) is 0 Å². The topological polar surface area (TPSA) is 67.4 Å². The Morgan fingerprint density at radius 3 is 2.33 bits per heavy atom. The van der Waals surface area contributed by atoms with Gasteiger partial charge in [0.05, 0.1) is 6.61 Å². The Bertz CT molecular complexity index is 261. The molecule has 0 unspecified atom stereocenters. The van der Waals surface area contributed by atoms with Crippen LogP contribution in [0.2, 0.25) is 0 Å². The predicted octanol–water partition coefficient (Wildman–Crippen LogP) is 1.96. The van der Waals surface area contributed by atoms with Crippen molar-refractivity contribution in [2.75, 3.05) is 13.2 Å². The number of rotatable bonds is 4. The number of hydrogen-bond donors (Lipinski definition) is 2. The van der Waals surface area contributed by atoms with Gasteiger partial charge in [-0.05, 0) is 19.8 Å².